The normalized spacial score (nSPS) is 15.6. The molecule has 0 fully saturated rings. The van der Waals surface area contributed by atoms with Crippen LogP contribution in [0.5, 0.6) is 0 Å². The van der Waals surface area contributed by atoms with Crippen LogP contribution in [0.3, 0.4) is 0 Å². The second kappa shape index (κ2) is 5.36. The van der Waals surface area contributed by atoms with E-state index in [4.69, 9.17) is 11.3 Å². The van der Waals surface area contributed by atoms with Crippen LogP contribution in [0.25, 0.3) is 10.9 Å². The molecule has 5 N–H and O–H groups in total. The van der Waals surface area contributed by atoms with Gasteiger partial charge < -0.3 is 10.2 Å². The molecule has 2 aromatic rings. The van der Waals surface area contributed by atoms with Gasteiger partial charge in [0.15, 0.2) is 0 Å². The number of aromatic nitrogens is 2. The van der Waals surface area contributed by atoms with E-state index < -0.39 is 11.7 Å². The SMILES string of the molecule is CC1=C(C(=O)Nc2cc3cn[nH]c3cc2F)CN(N)C(=N)N1C. The van der Waals surface area contributed by atoms with Crippen molar-refractivity contribution < 1.29 is 9.18 Å². The van der Waals surface area contributed by atoms with Crippen LogP contribution in [0.15, 0.2) is 29.6 Å². The molecular formula is C14H16FN7O. The van der Waals surface area contributed by atoms with Crippen LogP contribution < -0.4 is 11.2 Å². The molecule has 0 atom stereocenters. The largest absolute Gasteiger partial charge is 0.320 e. The number of hydrogen-bond donors (Lipinski definition) is 4. The third-order valence-corrected chi connectivity index (χ3v) is 3.91. The van der Waals surface area contributed by atoms with Crippen molar-refractivity contribution in [2.75, 3.05) is 18.9 Å². The average molecular weight is 317 g/mol. The summed E-state index contributed by atoms with van der Waals surface area (Å²) in [5, 5.41) is 18.7. The topological polar surface area (TPSA) is 114 Å². The molecule has 3 rings (SSSR count). The van der Waals surface area contributed by atoms with Crippen LogP contribution in [-0.2, 0) is 4.79 Å². The molecule has 0 saturated carbocycles. The summed E-state index contributed by atoms with van der Waals surface area (Å²) in [5.41, 5.74) is 1.59. The number of guanidine groups is 1. The van der Waals surface area contributed by atoms with E-state index in [0.29, 0.717) is 22.2 Å². The summed E-state index contributed by atoms with van der Waals surface area (Å²) in [6.07, 6.45) is 1.55. The zero-order valence-electron chi connectivity index (χ0n) is 12.6. The summed E-state index contributed by atoms with van der Waals surface area (Å²) in [4.78, 5) is 14.0. The molecule has 1 aliphatic rings. The Bertz CT molecular complexity index is 841. The Kier molecular flexibility index (Phi) is 3.49. The molecule has 0 unspecified atom stereocenters. The lowest BCUT2D eigenvalue weighted by Gasteiger charge is -2.34. The minimum Gasteiger partial charge on any atom is -0.320 e. The Labute approximate surface area is 131 Å². The maximum atomic E-state index is 14.1. The van der Waals surface area contributed by atoms with Crippen LogP contribution in [0.1, 0.15) is 6.92 Å². The number of carbonyl (C=O) groups excluding carboxylic acids is 1. The van der Waals surface area contributed by atoms with E-state index in [0.717, 1.165) is 5.01 Å². The summed E-state index contributed by atoms with van der Waals surface area (Å²) in [5.74, 6) is 4.78. The van der Waals surface area contributed by atoms with Crippen molar-refractivity contribution >= 4 is 28.5 Å². The molecule has 0 bridgehead atoms. The van der Waals surface area contributed by atoms with E-state index in [2.05, 4.69) is 15.5 Å². The molecule has 1 aromatic carbocycles. The number of carbonyl (C=O) groups is 1. The zero-order valence-corrected chi connectivity index (χ0v) is 12.6. The zero-order chi connectivity index (χ0) is 16.7. The highest BCUT2D eigenvalue weighted by molar-refractivity contribution is 6.06. The minimum atomic E-state index is -0.560. The molecule has 1 aliphatic heterocycles. The average Bonchev–Trinajstić information content (AvgIpc) is 2.96. The highest BCUT2D eigenvalue weighted by atomic mass is 19.1. The van der Waals surface area contributed by atoms with Gasteiger partial charge in [-0.15, -0.1) is 0 Å². The van der Waals surface area contributed by atoms with Gasteiger partial charge in [0.25, 0.3) is 5.91 Å². The smallest absolute Gasteiger partial charge is 0.255 e. The molecule has 8 nitrogen and oxygen atoms in total. The van der Waals surface area contributed by atoms with E-state index in [9.17, 15) is 9.18 Å². The van der Waals surface area contributed by atoms with Gasteiger partial charge in [-0.3, -0.25) is 20.3 Å². The maximum Gasteiger partial charge on any atom is 0.255 e. The maximum absolute atomic E-state index is 14.1. The Morgan fingerprint density at radius 3 is 3.00 bits per heavy atom. The molecule has 23 heavy (non-hydrogen) atoms. The number of aromatic amines is 1. The van der Waals surface area contributed by atoms with Crippen LogP contribution in [0.2, 0.25) is 0 Å². The van der Waals surface area contributed by atoms with Gasteiger partial charge in [-0.1, -0.05) is 0 Å². The summed E-state index contributed by atoms with van der Waals surface area (Å²) < 4.78 is 14.1. The number of rotatable bonds is 2. The van der Waals surface area contributed by atoms with Crippen molar-refractivity contribution in [1.82, 2.24) is 20.1 Å². The highest BCUT2D eigenvalue weighted by Gasteiger charge is 2.27. The fraction of sp³-hybridized carbons (Fsp3) is 0.214. The standard InChI is InChI=1S/C14H16FN7O/c1-7-9(6-22(17)14(16)21(7)2)13(23)19-12-3-8-5-18-20-11(8)4-10(12)15/h3-5,16H,6,17H2,1-2H3,(H,18,20)(H,19,23). The Balaban J connectivity index is 1.91. The summed E-state index contributed by atoms with van der Waals surface area (Å²) in [6.45, 7) is 1.79. The summed E-state index contributed by atoms with van der Waals surface area (Å²) >= 11 is 0. The van der Waals surface area contributed by atoms with E-state index in [1.807, 2.05) is 0 Å². The lowest BCUT2D eigenvalue weighted by molar-refractivity contribution is -0.113. The van der Waals surface area contributed by atoms with Gasteiger partial charge in [-0.25, -0.2) is 10.2 Å². The molecule has 0 spiro atoms. The van der Waals surface area contributed by atoms with Crippen LogP contribution in [0, 0.1) is 11.2 Å². The molecule has 1 amide bonds. The number of anilines is 1. The van der Waals surface area contributed by atoms with Gasteiger partial charge in [0.05, 0.1) is 29.5 Å². The molecule has 0 radical (unpaired) electrons. The Hall–Kier alpha value is -2.94. The van der Waals surface area contributed by atoms with E-state index in [1.54, 1.807) is 20.2 Å². The number of benzene rings is 1. The molecule has 9 heteroatoms. The number of halogens is 1. The van der Waals surface area contributed by atoms with Crippen molar-refractivity contribution in [1.29, 1.82) is 5.41 Å². The molecule has 1 aromatic heterocycles. The van der Waals surface area contributed by atoms with Gasteiger partial charge in [-0.2, -0.15) is 5.10 Å². The lowest BCUT2D eigenvalue weighted by Crippen LogP contribution is -2.51. The van der Waals surface area contributed by atoms with Gasteiger partial charge in [0, 0.05) is 24.2 Å². The number of allylic oxidation sites excluding steroid dienone is 1. The number of hydrogen-bond acceptors (Lipinski definition) is 4. The first kappa shape index (κ1) is 15.0. The first-order valence-corrected chi connectivity index (χ1v) is 6.86. The first-order chi connectivity index (χ1) is 10.9. The van der Waals surface area contributed by atoms with Crippen molar-refractivity contribution in [3.8, 4) is 0 Å². The number of hydrazine groups is 1. The van der Waals surface area contributed by atoms with E-state index >= 15 is 0 Å². The predicted molar refractivity (Wildman–Crippen MR) is 83.8 cm³/mol. The van der Waals surface area contributed by atoms with E-state index in [-0.39, 0.29) is 18.2 Å². The highest BCUT2D eigenvalue weighted by Crippen LogP contribution is 2.23. The molecule has 120 valence electrons. The van der Waals surface area contributed by atoms with Gasteiger partial charge in [0.1, 0.15) is 5.82 Å². The van der Waals surface area contributed by atoms with Crippen molar-refractivity contribution in [3.63, 3.8) is 0 Å². The molecule has 2 heterocycles. The monoisotopic (exact) mass is 317 g/mol. The van der Waals surface area contributed by atoms with Crippen LogP contribution in [-0.4, -0.2) is 45.6 Å². The predicted octanol–water partition coefficient (Wildman–Crippen LogP) is 0.970. The molecule has 0 aliphatic carbocycles. The third-order valence-electron chi connectivity index (χ3n) is 3.91. The number of nitrogens with two attached hydrogens (primary N) is 1. The van der Waals surface area contributed by atoms with Crippen molar-refractivity contribution in [2.45, 2.75) is 6.92 Å². The fourth-order valence-electron chi connectivity index (χ4n) is 2.41. The van der Waals surface area contributed by atoms with E-state index in [1.165, 1.54) is 17.0 Å². The van der Waals surface area contributed by atoms with Gasteiger partial charge in [-0.05, 0) is 13.0 Å². The van der Waals surface area contributed by atoms with Crippen LogP contribution in [0.4, 0.5) is 10.1 Å². The van der Waals surface area contributed by atoms with Crippen LogP contribution >= 0.6 is 0 Å². The number of H-pyrrole nitrogens is 1. The summed E-state index contributed by atoms with van der Waals surface area (Å²) in [7, 11) is 1.64. The van der Waals surface area contributed by atoms with Crippen molar-refractivity contribution in [2.24, 2.45) is 5.84 Å². The fourth-order valence-corrected chi connectivity index (χ4v) is 2.41. The molecule has 0 saturated heterocycles. The minimum absolute atomic E-state index is 0.0658. The lowest BCUT2D eigenvalue weighted by atomic mass is 10.1. The number of fused-ring (bicyclic) bond motifs is 1. The summed E-state index contributed by atoms with van der Waals surface area (Å²) in [6, 6.07) is 2.79. The molecular weight excluding hydrogens is 301 g/mol. The second-order valence-electron chi connectivity index (χ2n) is 5.32. The quantitative estimate of drug-likeness (QED) is 0.616. The van der Waals surface area contributed by atoms with Gasteiger partial charge >= 0.3 is 0 Å². The number of amides is 1. The Morgan fingerprint density at radius 1 is 1.52 bits per heavy atom. The first-order valence-electron chi connectivity index (χ1n) is 6.86. The number of nitrogens with one attached hydrogen (secondary N) is 3. The van der Waals surface area contributed by atoms with Gasteiger partial charge in [0.2, 0.25) is 5.96 Å². The Morgan fingerprint density at radius 2 is 2.26 bits per heavy atom. The number of nitrogens with zero attached hydrogens (tertiary/aromatic N) is 3. The van der Waals surface area contributed by atoms with Crippen molar-refractivity contribution in [3.05, 3.63) is 35.4 Å². The third kappa shape index (κ3) is 2.50. The second-order valence-corrected chi connectivity index (χ2v) is 5.32.